The smallest absolute Gasteiger partial charge is 0.347 e. The van der Waals surface area contributed by atoms with E-state index in [2.05, 4.69) is 40.7 Å². The molecule has 0 spiro atoms. The van der Waals surface area contributed by atoms with E-state index in [9.17, 15) is 14.7 Å². The van der Waals surface area contributed by atoms with Gasteiger partial charge in [-0.05, 0) is 63.3 Å². The highest BCUT2D eigenvalue weighted by molar-refractivity contribution is 5.77. The molecule has 40 heavy (non-hydrogen) atoms. The van der Waals surface area contributed by atoms with Crippen molar-refractivity contribution < 1.29 is 24.2 Å². The van der Waals surface area contributed by atoms with Gasteiger partial charge in [0, 0.05) is 26.6 Å². The summed E-state index contributed by atoms with van der Waals surface area (Å²) in [5, 5.41) is 9.24. The summed E-state index contributed by atoms with van der Waals surface area (Å²) in [7, 11) is 1.84. The lowest BCUT2D eigenvalue weighted by Gasteiger charge is -2.23. The van der Waals surface area contributed by atoms with Crippen LogP contribution < -0.4 is 9.47 Å². The molecular weight excluding hydrogens is 504 g/mol. The predicted molar refractivity (Wildman–Crippen MR) is 166 cm³/mol. The van der Waals surface area contributed by atoms with E-state index in [1.165, 1.54) is 25.8 Å². The van der Waals surface area contributed by atoms with E-state index in [1.54, 1.807) is 17.0 Å². The summed E-state index contributed by atoms with van der Waals surface area (Å²) < 4.78 is 11.5. The quantitative estimate of drug-likeness (QED) is 0.276. The lowest BCUT2D eigenvalue weighted by Crippen LogP contribution is -2.38. The summed E-state index contributed by atoms with van der Waals surface area (Å²) in [6, 6.07) is 5.49. The van der Waals surface area contributed by atoms with Gasteiger partial charge < -0.3 is 24.4 Å². The van der Waals surface area contributed by atoms with E-state index in [4.69, 9.17) is 9.47 Å². The number of amides is 2. The molecular formula is C33H56N2O5. The van der Waals surface area contributed by atoms with Gasteiger partial charge in [-0.25, -0.2) is 9.59 Å². The first-order chi connectivity index (χ1) is 18.6. The number of benzene rings is 1. The first-order valence-corrected chi connectivity index (χ1v) is 14.6. The molecule has 1 aromatic rings. The summed E-state index contributed by atoms with van der Waals surface area (Å²) in [4.78, 5) is 27.6. The normalized spacial score (nSPS) is 15.8. The molecule has 0 bridgehead atoms. The van der Waals surface area contributed by atoms with Crippen molar-refractivity contribution in [2.75, 3.05) is 26.7 Å². The van der Waals surface area contributed by atoms with Crippen LogP contribution >= 0.6 is 0 Å². The fraction of sp³-hybridized carbons (Fsp3) is 0.636. The fourth-order valence-electron chi connectivity index (χ4n) is 3.47. The zero-order chi connectivity index (χ0) is 31.1. The van der Waals surface area contributed by atoms with E-state index in [0.29, 0.717) is 36.6 Å². The van der Waals surface area contributed by atoms with Gasteiger partial charge in [-0.3, -0.25) is 0 Å². The van der Waals surface area contributed by atoms with Crippen LogP contribution in [-0.2, 0) is 4.79 Å². The maximum Gasteiger partial charge on any atom is 0.347 e. The molecule has 228 valence electrons. The number of carboxylic acids is 1. The highest BCUT2D eigenvalue weighted by atomic mass is 16.5. The van der Waals surface area contributed by atoms with Gasteiger partial charge in [0.1, 0.15) is 11.5 Å². The van der Waals surface area contributed by atoms with Gasteiger partial charge in [0.25, 0.3) is 0 Å². The van der Waals surface area contributed by atoms with E-state index in [-0.39, 0.29) is 12.1 Å². The van der Waals surface area contributed by atoms with Crippen molar-refractivity contribution in [2.24, 2.45) is 5.41 Å². The summed E-state index contributed by atoms with van der Waals surface area (Å²) in [6.07, 6.45) is 8.98. The first-order valence-electron chi connectivity index (χ1n) is 14.6. The minimum absolute atomic E-state index is 0.0493. The Morgan fingerprint density at radius 3 is 2.23 bits per heavy atom. The highest BCUT2D eigenvalue weighted by Gasteiger charge is 2.34. The molecule has 0 saturated carbocycles. The molecule has 1 atom stereocenters. The minimum atomic E-state index is -1.31. The van der Waals surface area contributed by atoms with Crippen LogP contribution in [0.3, 0.4) is 0 Å². The fourth-order valence-corrected chi connectivity index (χ4v) is 3.47. The number of likely N-dealkylation sites (N-methyl/N-ethyl adjacent to an activating group) is 1. The second kappa shape index (κ2) is 17.7. The van der Waals surface area contributed by atoms with Gasteiger partial charge in [-0.15, -0.1) is 0 Å². The van der Waals surface area contributed by atoms with Crippen molar-refractivity contribution in [3.8, 4) is 11.5 Å². The van der Waals surface area contributed by atoms with E-state index < -0.39 is 11.6 Å². The summed E-state index contributed by atoms with van der Waals surface area (Å²) in [5.74, 6) is 0.179. The minimum Gasteiger partial charge on any atom is -0.494 e. The van der Waals surface area contributed by atoms with Crippen LogP contribution in [0, 0.1) is 12.3 Å². The average molecular weight is 561 g/mol. The number of carboxylic acid groups (broad SMARTS) is 1. The van der Waals surface area contributed by atoms with Crippen LogP contribution in [0.25, 0.3) is 0 Å². The van der Waals surface area contributed by atoms with E-state index in [1.807, 2.05) is 57.9 Å². The molecule has 1 aromatic carbocycles. The number of nitrogens with zero attached hydrogens (tertiary/aromatic N) is 2. The molecule has 1 heterocycles. The SMILES string of the molecule is C/C=C\C=C(/CC)CN1C[C@H](CCOc2ccc(OC(C)(C)C(=O)O)c(C)c2)N(C)C1=O.CC.CCC(C)(C)C. The predicted octanol–water partition coefficient (Wildman–Crippen LogP) is 8.12. The number of carbonyl (C=O) groups is 2. The Balaban J connectivity index is 0.00000168. The third-order valence-electron chi connectivity index (χ3n) is 6.73. The number of hydrogen-bond donors (Lipinski definition) is 1. The lowest BCUT2D eigenvalue weighted by molar-refractivity contribution is -0.152. The average Bonchev–Trinajstić information content (AvgIpc) is 3.16. The van der Waals surface area contributed by atoms with Crippen molar-refractivity contribution in [2.45, 2.75) is 107 Å². The summed E-state index contributed by atoms with van der Waals surface area (Å²) >= 11 is 0. The van der Waals surface area contributed by atoms with Crippen LogP contribution in [0.15, 0.2) is 42.0 Å². The van der Waals surface area contributed by atoms with Gasteiger partial charge in [0.15, 0.2) is 5.60 Å². The number of carbonyl (C=O) groups excluding carboxylic acids is 1. The second-order valence-electron chi connectivity index (χ2n) is 11.5. The summed E-state index contributed by atoms with van der Waals surface area (Å²) in [6.45, 7) is 23.7. The van der Waals surface area contributed by atoms with Gasteiger partial charge in [0.05, 0.1) is 12.6 Å². The Bertz CT molecular complexity index is 976. The zero-order valence-corrected chi connectivity index (χ0v) is 27.3. The van der Waals surface area contributed by atoms with E-state index in [0.717, 1.165) is 18.4 Å². The molecule has 0 radical (unpaired) electrons. The maximum atomic E-state index is 12.6. The third kappa shape index (κ3) is 12.9. The molecule has 1 saturated heterocycles. The zero-order valence-electron chi connectivity index (χ0n) is 27.3. The number of allylic oxidation sites excluding steroid dienone is 3. The Hall–Kier alpha value is -2.96. The lowest BCUT2D eigenvalue weighted by atomic mass is 9.94. The molecule has 0 aromatic heterocycles. The van der Waals surface area contributed by atoms with Crippen molar-refractivity contribution in [1.29, 1.82) is 0 Å². The largest absolute Gasteiger partial charge is 0.494 e. The Morgan fingerprint density at radius 2 is 1.75 bits per heavy atom. The Morgan fingerprint density at radius 1 is 1.15 bits per heavy atom. The molecule has 0 unspecified atom stereocenters. The number of ether oxygens (including phenoxy) is 2. The Labute approximate surface area is 244 Å². The molecule has 1 aliphatic rings. The van der Waals surface area contributed by atoms with Crippen LogP contribution in [-0.4, -0.2) is 65.3 Å². The number of aryl methyl sites for hydroxylation is 1. The van der Waals surface area contributed by atoms with Gasteiger partial charge in [0.2, 0.25) is 0 Å². The third-order valence-corrected chi connectivity index (χ3v) is 6.73. The number of urea groups is 1. The van der Waals surface area contributed by atoms with Crippen LogP contribution in [0.5, 0.6) is 11.5 Å². The van der Waals surface area contributed by atoms with Crippen molar-refractivity contribution >= 4 is 12.0 Å². The van der Waals surface area contributed by atoms with Crippen LogP contribution in [0.4, 0.5) is 4.79 Å². The molecule has 0 aliphatic carbocycles. The second-order valence-corrected chi connectivity index (χ2v) is 11.5. The molecule has 1 N–H and O–H groups in total. The van der Waals surface area contributed by atoms with Crippen molar-refractivity contribution in [3.05, 3.63) is 47.6 Å². The molecule has 2 amide bonds. The van der Waals surface area contributed by atoms with Gasteiger partial charge >= 0.3 is 12.0 Å². The number of hydrogen-bond acceptors (Lipinski definition) is 4. The maximum absolute atomic E-state index is 12.6. The topological polar surface area (TPSA) is 79.3 Å². The monoisotopic (exact) mass is 560 g/mol. The first kappa shape index (κ1) is 37.0. The number of rotatable bonds is 11. The molecule has 1 fully saturated rings. The van der Waals surface area contributed by atoms with Gasteiger partial charge in [-0.1, -0.05) is 78.7 Å². The van der Waals surface area contributed by atoms with Crippen molar-refractivity contribution in [3.63, 3.8) is 0 Å². The van der Waals surface area contributed by atoms with E-state index >= 15 is 0 Å². The van der Waals surface area contributed by atoms with Gasteiger partial charge in [-0.2, -0.15) is 0 Å². The molecule has 1 aliphatic heterocycles. The van der Waals surface area contributed by atoms with Crippen LogP contribution in [0.1, 0.15) is 94.1 Å². The van der Waals surface area contributed by atoms with Crippen LogP contribution in [0.2, 0.25) is 0 Å². The Kier molecular flexibility index (Phi) is 16.4. The van der Waals surface area contributed by atoms with Crippen molar-refractivity contribution in [1.82, 2.24) is 9.80 Å². The highest BCUT2D eigenvalue weighted by Crippen LogP contribution is 2.27. The molecule has 7 heteroatoms. The summed E-state index contributed by atoms with van der Waals surface area (Å²) in [5.41, 5.74) is 1.26. The standard InChI is InChI=1S/C25H36N2O5.C6H14.C2H6/c1-7-9-10-19(8-2)16-27-17-20(26(6)24(27)30)13-14-31-21-11-12-22(18(3)15-21)32-25(4,5)23(28)29;1-5-6(2,3)4;1-2/h7,9-12,15,20H,8,13-14,16-17H2,1-6H3,(H,28,29);5H2,1-4H3;1-2H3/b9-7-,19-10+;;/t20-;;/m0../s1. The molecule has 2 rings (SSSR count). The number of aliphatic carboxylic acids is 1. The molecule has 7 nitrogen and oxygen atoms in total.